The molecule has 0 aromatic heterocycles. The first kappa shape index (κ1) is 20.2. The fourth-order valence-electron chi connectivity index (χ4n) is 3.68. The van der Waals surface area contributed by atoms with Crippen LogP contribution in [-0.4, -0.2) is 38.7 Å². The van der Waals surface area contributed by atoms with E-state index in [9.17, 15) is 8.42 Å². The Morgan fingerprint density at radius 2 is 1.92 bits per heavy atom. The largest absolute Gasteiger partial charge is 0.303 e. The fourth-order valence-corrected chi connectivity index (χ4v) is 4.81. The standard InChI is InChI=1S/C20H34N2O2S/c1-3-16-25(23,24)21-19-12-9-11-18(17-19)10-7-8-15-22(2)20-13-5-4-6-14-20/h9,11-12,17,20-21H,3-8,10,13-16H2,1-2H3. The van der Waals surface area contributed by atoms with Crippen LogP contribution in [0, 0.1) is 0 Å². The van der Waals surface area contributed by atoms with Gasteiger partial charge in [0.05, 0.1) is 5.75 Å². The Balaban J connectivity index is 1.74. The van der Waals surface area contributed by atoms with Gasteiger partial charge in [0, 0.05) is 11.7 Å². The molecule has 0 spiro atoms. The lowest BCUT2D eigenvalue weighted by Crippen LogP contribution is -2.34. The minimum absolute atomic E-state index is 0.171. The van der Waals surface area contributed by atoms with Crippen LogP contribution in [0.1, 0.15) is 63.9 Å². The van der Waals surface area contributed by atoms with E-state index < -0.39 is 10.0 Å². The van der Waals surface area contributed by atoms with Crippen LogP contribution in [-0.2, 0) is 16.4 Å². The maximum absolute atomic E-state index is 11.9. The molecule has 1 fully saturated rings. The molecule has 0 heterocycles. The molecule has 0 unspecified atom stereocenters. The monoisotopic (exact) mass is 366 g/mol. The number of anilines is 1. The summed E-state index contributed by atoms with van der Waals surface area (Å²) in [5.41, 5.74) is 1.89. The Morgan fingerprint density at radius 3 is 2.64 bits per heavy atom. The van der Waals surface area contributed by atoms with Crippen LogP contribution in [0.3, 0.4) is 0 Å². The third-order valence-electron chi connectivity index (χ3n) is 5.10. The molecule has 5 heteroatoms. The van der Waals surface area contributed by atoms with E-state index in [-0.39, 0.29) is 5.75 Å². The highest BCUT2D eigenvalue weighted by Gasteiger charge is 2.17. The van der Waals surface area contributed by atoms with Gasteiger partial charge in [-0.05, 0) is 69.8 Å². The summed E-state index contributed by atoms with van der Waals surface area (Å²) in [4.78, 5) is 2.54. The van der Waals surface area contributed by atoms with Gasteiger partial charge in [0.1, 0.15) is 0 Å². The maximum Gasteiger partial charge on any atom is 0.232 e. The summed E-state index contributed by atoms with van der Waals surface area (Å²) in [6.07, 6.45) is 10.9. The Kier molecular flexibility index (Phi) is 8.24. The number of rotatable bonds is 10. The average molecular weight is 367 g/mol. The molecule has 1 aliphatic rings. The van der Waals surface area contributed by atoms with Gasteiger partial charge in [-0.2, -0.15) is 0 Å². The summed E-state index contributed by atoms with van der Waals surface area (Å²) < 4.78 is 26.4. The number of benzene rings is 1. The van der Waals surface area contributed by atoms with Crippen molar-refractivity contribution in [1.29, 1.82) is 0 Å². The van der Waals surface area contributed by atoms with E-state index in [0.717, 1.165) is 25.4 Å². The quantitative estimate of drug-likeness (QED) is 0.623. The number of unbranched alkanes of at least 4 members (excludes halogenated alkanes) is 1. The molecule has 0 bridgehead atoms. The van der Waals surface area contributed by atoms with Gasteiger partial charge in [-0.25, -0.2) is 8.42 Å². The summed E-state index contributed by atoms with van der Waals surface area (Å²) in [7, 11) is -0.944. The molecule has 0 aliphatic heterocycles. The van der Waals surface area contributed by atoms with Crippen molar-refractivity contribution in [2.24, 2.45) is 0 Å². The highest BCUT2D eigenvalue weighted by atomic mass is 32.2. The number of hydrogen-bond acceptors (Lipinski definition) is 3. The second-order valence-corrected chi connectivity index (χ2v) is 9.19. The minimum Gasteiger partial charge on any atom is -0.303 e. The van der Waals surface area contributed by atoms with Crippen molar-refractivity contribution >= 4 is 15.7 Å². The lowest BCUT2D eigenvalue weighted by molar-refractivity contribution is 0.189. The van der Waals surface area contributed by atoms with Crippen LogP contribution >= 0.6 is 0 Å². The highest BCUT2D eigenvalue weighted by molar-refractivity contribution is 7.92. The van der Waals surface area contributed by atoms with Crippen LogP contribution < -0.4 is 4.72 Å². The van der Waals surface area contributed by atoms with E-state index >= 15 is 0 Å². The van der Waals surface area contributed by atoms with Crippen molar-refractivity contribution in [3.63, 3.8) is 0 Å². The normalized spacial score (nSPS) is 16.3. The van der Waals surface area contributed by atoms with Crippen molar-refractivity contribution < 1.29 is 8.42 Å². The van der Waals surface area contributed by atoms with Crippen LogP contribution in [0.25, 0.3) is 0 Å². The first-order valence-electron chi connectivity index (χ1n) is 9.80. The molecule has 1 aliphatic carbocycles. The second kappa shape index (κ2) is 10.2. The molecule has 0 saturated heterocycles. The highest BCUT2D eigenvalue weighted by Crippen LogP contribution is 2.22. The van der Waals surface area contributed by atoms with E-state index in [1.165, 1.54) is 44.1 Å². The van der Waals surface area contributed by atoms with Gasteiger partial charge in [-0.15, -0.1) is 0 Å². The van der Waals surface area contributed by atoms with Crippen LogP contribution in [0.5, 0.6) is 0 Å². The zero-order chi connectivity index (χ0) is 18.1. The van der Waals surface area contributed by atoms with Gasteiger partial charge in [0.25, 0.3) is 0 Å². The number of sulfonamides is 1. The molecule has 1 N–H and O–H groups in total. The fraction of sp³-hybridized carbons (Fsp3) is 0.700. The van der Waals surface area contributed by atoms with Crippen molar-refractivity contribution in [3.8, 4) is 0 Å². The molecule has 2 rings (SSSR count). The first-order valence-corrected chi connectivity index (χ1v) is 11.4. The van der Waals surface area contributed by atoms with Crippen LogP contribution in [0.4, 0.5) is 5.69 Å². The Hall–Kier alpha value is -1.07. The summed E-state index contributed by atoms with van der Waals surface area (Å²) >= 11 is 0. The van der Waals surface area contributed by atoms with Crippen molar-refractivity contribution in [1.82, 2.24) is 4.90 Å². The van der Waals surface area contributed by atoms with Gasteiger partial charge in [0.15, 0.2) is 0 Å². The van der Waals surface area contributed by atoms with Crippen LogP contribution in [0.2, 0.25) is 0 Å². The SMILES string of the molecule is CCCS(=O)(=O)Nc1cccc(CCCCN(C)C2CCCCC2)c1. The minimum atomic E-state index is -3.21. The van der Waals surface area contributed by atoms with Gasteiger partial charge in [-0.1, -0.05) is 38.3 Å². The summed E-state index contributed by atoms with van der Waals surface area (Å²) in [5.74, 6) is 0.171. The number of nitrogens with zero attached hydrogens (tertiary/aromatic N) is 1. The van der Waals surface area contributed by atoms with Crippen molar-refractivity contribution in [3.05, 3.63) is 29.8 Å². The molecule has 142 valence electrons. The van der Waals surface area contributed by atoms with Gasteiger partial charge >= 0.3 is 0 Å². The van der Waals surface area contributed by atoms with Gasteiger partial charge < -0.3 is 4.90 Å². The predicted octanol–water partition coefficient (Wildman–Crippen LogP) is 4.43. The van der Waals surface area contributed by atoms with Gasteiger partial charge in [-0.3, -0.25) is 4.72 Å². The van der Waals surface area contributed by atoms with Crippen LogP contribution in [0.15, 0.2) is 24.3 Å². The summed E-state index contributed by atoms with van der Waals surface area (Å²) in [6, 6.07) is 8.60. The average Bonchev–Trinajstić information content (AvgIpc) is 2.59. The van der Waals surface area contributed by atoms with Gasteiger partial charge in [0.2, 0.25) is 10.0 Å². The third kappa shape index (κ3) is 7.37. The molecule has 25 heavy (non-hydrogen) atoms. The van der Waals surface area contributed by atoms with E-state index in [1.807, 2.05) is 25.1 Å². The van der Waals surface area contributed by atoms with Crippen molar-refractivity contribution in [2.75, 3.05) is 24.1 Å². The lowest BCUT2D eigenvalue weighted by Gasteiger charge is -2.31. The van der Waals surface area contributed by atoms with E-state index in [1.54, 1.807) is 0 Å². The Labute approximate surface area is 154 Å². The molecule has 0 atom stereocenters. The molecule has 1 aromatic carbocycles. The molecule has 1 saturated carbocycles. The molecular formula is C20H34N2O2S. The zero-order valence-electron chi connectivity index (χ0n) is 15.8. The Morgan fingerprint density at radius 1 is 1.16 bits per heavy atom. The molecular weight excluding hydrogens is 332 g/mol. The smallest absolute Gasteiger partial charge is 0.232 e. The van der Waals surface area contributed by atoms with Crippen molar-refractivity contribution in [2.45, 2.75) is 70.8 Å². The predicted molar refractivity (Wildman–Crippen MR) is 107 cm³/mol. The van der Waals surface area contributed by atoms with E-state index in [4.69, 9.17) is 0 Å². The third-order valence-corrected chi connectivity index (χ3v) is 6.59. The topological polar surface area (TPSA) is 49.4 Å². The molecule has 1 aromatic rings. The molecule has 0 radical (unpaired) electrons. The lowest BCUT2D eigenvalue weighted by atomic mass is 9.94. The van der Waals surface area contributed by atoms with E-state index in [0.29, 0.717) is 12.1 Å². The summed E-state index contributed by atoms with van der Waals surface area (Å²) in [6.45, 7) is 3.04. The summed E-state index contributed by atoms with van der Waals surface area (Å²) in [5, 5.41) is 0. The maximum atomic E-state index is 11.9. The zero-order valence-corrected chi connectivity index (χ0v) is 16.7. The number of nitrogens with one attached hydrogen (secondary N) is 1. The molecule has 4 nitrogen and oxygen atoms in total. The molecule has 0 amide bonds. The Bertz CT molecular complexity index is 610. The number of aryl methyl sites for hydroxylation is 1. The number of hydrogen-bond donors (Lipinski definition) is 1. The van der Waals surface area contributed by atoms with E-state index in [2.05, 4.69) is 22.7 Å². The first-order chi connectivity index (χ1) is 12.0. The second-order valence-electron chi connectivity index (χ2n) is 7.35.